The van der Waals surface area contributed by atoms with E-state index in [-0.39, 0.29) is 17.9 Å². The van der Waals surface area contributed by atoms with Gasteiger partial charge in [0.05, 0.1) is 5.02 Å². The molecule has 1 saturated heterocycles. The van der Waals surface area contributed by atoms with E-state index in [2.05, 4.69) is 21.2 Å². The molecule has 1 heterocycles. The summed E-state index contributed by atoms with van der Waals surface area (Å²) >= 11 is 9.18. The van der Waals surface area contributed by atoms with Gasteiger partial charge in [0, 0.05) is 36.1 Å². The van der Waals surface area contributed by atoms with E-state index in [4.69, 9.17) is 11.6 Å². The van der Waals surface area contributed by atoms with Crippen LogP contribution in [0.25, 0.3) is 0 Å². The Kier molecular flexibility index (Phi) is 4.47. The highest BCUT2D eigenvalue weighted by Crippen LogP contribution is 2.23. The Labute approximate surface area is 125 Å². The van der Waals surface area contributed by atoms with Crippen molar-refractivity contribution < 1.29 is 9.59 Å². The molecule has 1 aliphatic heterocycles. The molecule has 102 valence electrons. The molecule has 0 radical (unpaired) electrons. The first-order valence-electron chi connectivity index (χ1n) is 5.97. The van der Waals surface area contributed by atoms with Crippen molar-refractivity contribution in [1.29, 1.82) is 0 Å². The van der Waals surface area contributed by atoms with Crippen LogP contribution < -0.4 is 5.32 Å². The van der Waals surface area contributed by atoms with Gasteiger partial charge in [-0.25, -0.2) is 0 Å². The van der Waals surface area contributed by atoms with E-state index in [0.29, 0.717) is 34.4 Å². The maximum atomic E-state index is 12.1. The number of halogens is 2. The van der Waals surface area contributed by atoms with Gasteiger partial charge in [-0.1, -0.05) is 11.6 Å². The van der Waals surface area contributed by atoms with E-state index in [1.165, 1.54) is 0 Å². The zero-order valence-electron chi connectivity index (χ0n) is 10.5. The molecule has 0 spiro atoms. The lowest BCUT2D eigenvalue weighted by Gasteiger charge is -2.30. The number of hydrogen-bond acceptors (Lipinski definition) is 2. The predicted octanol–water partition coefficient (Wildman–Crippen LogP) is 2.45. The normalized spacial score (nSPS) is 19.4. The highest BCUT2D eigenvalue weighted by Gasteiger charge is 2.24. The number of nitrogens with one attached hydrogen (secondary N) is 1. The molecule has 0 bridgehead atoms. The minimum absolute atomic E-state index is 0.00431. The van der Waals surface area contributed by atoms with E-state index in [1.54, 1.807) is 30.1 Å². The third kappa shape index (κ3) is 3.48. The van der Waals surface area contributed by atoms with Gasteiger partial charge < -0.3 is 10.2 Å². The zero-order valence-corrected chi connectivity index (χ0v) is 12.8. The summed E-state index contributed by atoms with van der Waals surface area (Å²) in [5.41, 5.74) is 0.552. The third-order valence-corrected chi connectivity index (χ3v) is 4.36. The summed E-state index contributed by atoms with van der Waals surface area (Å²) in [4.78, 5) is 25.1. The van der Waals surface area contributed by atoms with Gasteiger partial charge in [0.1, 0.15) is 0 Å². The van der Waals surface area contributed by atoms with Crippen LogP contribution in [0.5, 0.6) is 0 Å². The van der Waals surface area contributed by atoms with Crippen molar-refractivity contribution in [3.05, 3.63) is 33.3 Å². The molecule has 1 aromatic carbocycles. The standard InChI is InChI=1S/C13H14BrClN2O2/c1-17-7-9(3-5-12(17)18)16-13(19)8-2-4-11(15)10(14)6-8/h2,4,6,9H,3,5,7H2,1H3,(H,16,19). The molecule has 1 atom stereocenters. The van der Waals surface area contributed by atoms with Gasteiger partial charge in [0.2, 0.25) is 5.91 Å². The number of hydrogen-bond donors (Lipinski definition) is 1. The van der Waals surface area contributed by atoms with Crippen LogP contribution in [0.15, 0.2) is 22.7 Å². The summed E-state index contributed by atoms with van der Waals surface area (Å²) in [6, 6.07) is 5.05. The Bertz CT molecular complexity index is 521. The molecule has 4 nitrogen and oxygen atoms in total. The number of rotatable bonds is 2. The Morgan fingerprint density at radius 1 is 1.53 bits per heavy atom. The van der Waals surface area contributed by atoms with Crippen molar-refractivity contribution in [1.82, 2.24) is 10.2 Å². The maximum absolute atomic E-state index is 12.1. The average Bonchev–Trinajstić information content (AvgIpc) is 2.37. The third-order valence-electron chi connectivity index (χ3n) is 3.14. The monoisotopic (exact) mass is 344 g/mol. The molecule has 1 unspecified atom stereocenters. The van der Waals surface area contributed by atoms with Crippen molar-refractivity contribution in [2.75, 3.05) is 13.6 Å². The van der Waals surface area contributed by atoms with Crippen LogP contribution in [0.4, 0.5) is 0 Å². The zero-order chi connectivity index (χ0) is 14.0. The molecule has 2 amide bonds. The van der Waals surface area contributed by atoms with Crippen molar-refractivity contribution in [3.63, 3.8) is 0 Å². The van der Waals surface area contributed by atoms with Gasteiger partial charge in [0.25, 0.3) is 5.91 Å². The largest absolute Gasteiger partial charge is 0.348 e. The van der Waals surface area contributed by atoms with Gasteiger partial charge in [0.15, 0.2) is 0 Å². The average molecular weight is 346 g/mol. The second-order valence-corrected chi connectivity index (χ2v) is 5.87. The SMILES string of the molecule is CN1CC(NC(=O)c2ccc(Cl)c(Br)c2)CCC1=O. The molecule has 1 N–H and O–H groups in total. The molecule has 1 aliphatic rings. The fraction of sp³-hybridized carbons (Fsp3) is 0.385. The Balaban J connectivity index is 2.01. The van der Waals surface area contributed by atoms with Gasteiger partial charge in [-0.05, 0) is 40.5 Å². The fourth-order valence-corrected chi connectivity index (χ4v) is 2.53. The molecule has 0 saturated carbocycles. The van der Waals surface area contributed by atoms with E-state index < -0.39 is 0 Å². The van der Waals surface area contributed by atoms with Crippen molar-refractivity contribution >= 4 is 39.3 Å². The first-order valence-corrected chi connectivity index (χ1v) is 7.14. The summed E-state index contributed by atoms with van der Waals surface area (Å²) in [6.45, 7) is 0.555. The number of likely N-dealkylation sites (N-methyl/N-ethyl adjacent to an activating group) is 1. The Morgan fingerprint density at radius 2 is 2.26 bits per heavy atom. The minimum Gasteiger partial charge on any atom is -0.348 e. The van der Waals surface area contributed by atoms with Crippen LogP contribution in [0, 0.1) is 0 Å². The fourth-order valence-electron chi connectivity index (χ4n) is 2.04. The van der Waals surface area contributed by atoms with Crippen molar-refractivity contribution in [2.24, 2.45) is 0 Å². The summed E-state index contributed by atoms with van der Waals surface area (Å²) in [6.07, 6.45) is 1.16. The molecule has 1 fully saturated rings. The number of benzene rings is 1. The maximum Gasteiger partial charge on any atom is 0.251 e. The molecule has 1 aromatic rings. The highest BCUT2D eigenvalue weighted by atomic mass is 79.9. The van der Waals surface area contributed by atoms with Crippen molar-refractivity contribution in [2.45, 2.75) is 18.9 Å². The molecule has 2 rings (SSSR count). The van der Waals surface area contributed by atoms with E-state index in [1.807, 2.05) is 0 Å². The van der Waals surface area contributed by atoms with Crippen LogP contribution in [-0.2, 0) is 4.79 Å². The second kappa shape index (κ2) is 5.92. The van der Waals surface area contributed by atoms with Crippen LogP contribution in [0.3, 0.4) is 0 Å². The summed E-state index contributed by atoms with van der Waals surface area (Å²) in [5.74, 6) is -0.0233. The first kappa shape index (κ1) is 14.3. The smallest absolute Gasteiger partial charge is 0.251 e. The molecular formula is C13H14BrClN2O2. The van der Waals surface area contributed by atoms with E-state index in [9.17, 15) is 9.59 Å². The first-order chi connectivity index (χ1) is 8.97. The summed E-state index contributed by atoms with van der Waals surface area (Å²) in [7, 11) is 1.75. The van der Waals surface area contributed by atoms with Crippen LogP contribution >= 0.6 is 27.5 Å². The van der Waals surface area contributed by atoms with Gasteiger partial charge >= 0.3 is 0 Å². The van der Waals surface area contributed by atoms with Gasteiger partial charge in [-0.15, -0.1) is 0 Å². The Hall–Kier alpha value is -1.07. The lowest BCUT2D eigenvalue weighted by atomic mass is 10.1. The number of carbonyl (C=O) groups is 2. The summed E-state index contributed by atoms with van der Waals surface area (Å²) < 4.78 is 0.692. The second-order valence-electron chi connectivity index (χ2n) is 4.61. The number of carbonyl (C=O) groups excluding carboxylic acids is 2. The molecule has 0 aliphatic carbocycles. The predicted molar refractivity (Wildman–Crippen MR) is 77.3 cm³/mol. The van der Waals surface area contributed by atoms with Gasteiger partial charge in [-0.2, -0.15) is 0 Å². The lowest BCUT2D eigenvalue weighted by Crippen LogP contribution is -2.48. The molecular weight excluding hydrogens is 332 g/mol. The van der Waals surface area contributed by atoms with E-state index >= 15 is 0 Å². The van der Waals surface area contributed by atoms with Crippen molar-refractivity contribution in [3.8, 4) is 0 Å². The number of nitrogens with zero attached hydrogens (tertiary/aromatic N) is 1. The quantitative estimate of drug-likeness (QED) is 0.895. The van der Waals surface area contributed by atoms with Crippen LogP contribution in [0.1, 0.15) is 23.2 Å². The Morgan fingerprint density at radius 3 is 2.89 bits per heavy atom. The number of piperidine rings is 1. The highest BCUT2D eigenvalue weighted by molar-refractivity contribution is 9.10. The molecule has 0 aromatic heterocycles. The van der Waals surface area contributed by atoms with Crippen LogP contribution in [0.2, 0.25) is 5.02 Å². The molecule has 19 heavy (non-hydrogen) atoms. The van der Waals surface area contributed by atoms with E-state index in [0.717, 1.165) is 0 Å². The topological polar surface area (TPSA) is 49.4 Å². The lowest BCUT2D eigenvalue weighted by molar-refractivity contribution is -0.132. The number of likely N-dealkylation sites (tertiary alicyclic amines) is 1. The summed E-state index contributed by atoms with van der Waals surface area (Å²) in [5, 5.41) is 3.51. The van der Waals surface area contributed by atoms with Crippen LogP contribution in [-0.4, -0.2) is 36.3 Å². The number of amides is 2. The van der Waals surface area contributed by atoms with Gasteiger partial charge in [-0.3, -0.25) is 9.59 Å². The molecule has 6 heteroatoms. The minimum atomic E-state index is -0.148.